The maximum atomic E-state index is 6.75. The molecule has 2 heterocycles. The molecule has 0 saturated carbocycles. The van der Waals surface area contributed by atoms with E-state index in [1.54, 1.807) is 0 Å². The highest BCUT2D eigenvalue weighted by Gasteiger charge is 2.52. The Hall–Kier alpha value is -7.16. The molecule has 0 amide bonds. The zero-order valence-corrected chi connectivity index (χ0v) is 29.6. The van der Waals surface area contributed by atoms with Crippen LogP contribution in [0.3, 0.4) is 0 Å². The summed E-state index contributed by atoms with van der Waals surface area (Å²) in [7, 11) is 0. The zero-order chi connectivity index (χ0) is 35.8. The Morgan fingerprint density at radius 1 is 0.345 bits per heavy atom. The van der Waals surface area contributed by atoms with Crippen LogP contribution >= 0.6 is 0 Å². The first-order valence-corrected chi connectivity index (χ1v) is 19.0. The highest BCUT2D eigenvalue weighted by molar-refractivity contribution is 6.14. The van der Waals surface area contributed by atoms with Gasteiger partial charge in [0.1, 0.15) is 22.7 Å². The van der Waals surface area contributed by atoms with Crippen LogP contribution in [0.5, 0.6) is 11.5 Å². The monoisotopic (exact) mass is 698 g/mol. The predicted octanol–water partition coefficient (Wildman–Crippen LogP) is 14.2. The topological polar surface area (TPSA) is 22.4 Å². The minimum Gasteiger partial charge on any atom is -0.456 e. The van der Waals surface area contributed by atoms with Gasteiger partial charge < -0.3 is 9.15 Å². The van der Waals surface area contributed by atoms with Crippen LogP contribution in [-0.2, 0) is 5.41 Å². The van der Waals surface area contributed by atoms with Crippen LogP contribution in [-0.4, -0.2) is 0 Å². The van der Waals surface area contributed by atoms with Gasteiger partial charge in [-0.1, -0.05) is 158 Å². The number of hydrogen-bond acceptors (Lipinski definition) is 2. The summed E-state index contributed by atoms with van der Waals surface area (Å²) in [6.07, 6.45) is 0. The van der Waals surface area contributed by atoms with Crippen LogP contribution in [0.4, 0.5) is 0 Å². The van der Waals surface area contributed by atoms with Crippen molar-refractivity contribution in [3.63, 3.8) is 0 Å². The Morgan fingerprint density at radius 3 is 1.75 bits per heavy atom. The lowest BCUT2D eigenvalue weighted by Crippen LogP contribution is -2.25. The summed E-state index contributed by atoms with van der Waals surface area (Å²) < 4.78 is 13.2. The van der Waals surface area contributed by atoms with E-state index in [0.29, 0.717) is 0 Å². The maximum Gasteiger partial charge on any atom is 0.143 e. The first kappa shape index (κ1) is 29.3. The quantitative estimate of drug-likeness (QED) is 0.179. The molecular formula is C53H30O2. The molecular weight excluding hydrogens is 669 g/mol. The van der Waals surface area contributed by atoms with E-state index in [1.807, 2.05) is 12.1 Å². The van der Waals surface area contributed by atoms with Gasteiger partial charge in [-0.3, -0.25) is 0 Å². The highest BCUT2D eigenvalue weighted by atomic mass is 16.5. The molecule has 1 spiro atoms. The van der Waals surface area contributed by atoms with E-state index in [-0.39, 0.29) is 5.41 Å². The maximum absolute atomic E-state index is 6.75. The van der Waals surface area contributed by atoms with Crippen LogP contribution in [0.1, 0.15) is 22.3 Å². The summed E-state index contributed by atoms with van der Waals surface area (Å²) in [5, 5.41) is 4.59. The first-order chi connectivity index (χ1) is 27.3. The van der Waals surface area contributed by atoms with Gasteiger partial charge in [0.25, 0.3) is 0 Å². The summed E-state index contributed by atoms with van der Waals surface area (Å²) >= 11 is 0. The van der Waals surface area contributed by atoms with Gasteiger partial charge in [0.2, 0.25) is 0 Å². The molecule has 0 atom stereocenters. The smallest absolute Gasteiger partial charge is 0.143 e. The van der Waals surface area contributed by atoms with Crippen molar-refractivity contribution in [2.75, 3.05) is 0 Å². The molecule has 13 rings (SSSR count). The van der Waals surface area contributed by atoms with Crippen molar-refractivity contribution in [2.45, 2.75) is 5.41 Å². The van der Waals surface area contributed by atoms with Gasteiger partial charge in [-0.05, 0) is 96.4 Å². The van der Waals surface area contributed by atoms with Gasteiger partial charge in [0.15, 0.2) is 0 Å². The number of benzene rings is 9. The molecule has 2 heteroatoms. The fourth-order valence-electron chi connectivity index (χ4n) is 10.4. The lowest BCUT2D eigenvalue weighted by molar-refractivity contribution is 0.487. The standard InChI is InChI=1S/C53H30O2/c1-5-21-43-34(12-1)35-13-2-6-22-44(35)53(43)45-23-7-3-15-41(45)50-37(19-11-24-46(50)53)33-27-29-49-51-38(33)17-10-18-39(51)42-30-31(26-28-48(42)54-49)32-16-9-20-40-36-14-4-8-25-47(36)55-52(32)40/h1-30H. The van der Waals surface area contributed by atoms with Crippen LogP contribution in [0.25, 0.3) is 88.3 Å². The van der Waals surface area contributed by atoms with E-state index in [4.69, 9.17) is 9.15 Å². The lowest BCUT2D eigenvalue weighted by Gasteiger charge is -2.30. The van der Waals surface area contributed by atoms with E-state index in [9.17, 15) is 0 Å². The molecule has 0 fully saturated rings. The van der Waals surface area contributed by atoms with Gasteiger partial charge in [0, 0.05) is 27.3 Å². The first-order valence-electron chi connectivity index (χ1n) is 19.0. The van der Waals surface area contributed by atoms with Crippen LogP contribution in [0, 0.1) is 0 Å². The van der Waals surface area contributed by atoms with Crippen molar-refractivity contribution in [2.24, 2.45) is 0 Å². The Kier molecular flexibility index (Phi) is 5.59. The normalized spacial score (nSPS) is 13.7. The summed E-state index contributed by atoms with van der Waals surface area (Å²) in [5.41, 5.74) is 19.0. The summed E-state index contributed by atoms with van der Waals surface area (Å²) in [6, 6.07) is 66.4. The molecule has 0 unspecified atom stereocenters. The fourth-order valence-corrected chi connectivity index (χ4v) is 10.4. The summed E-state index contributed by atoms with van der Waals surface area (Å²) in [5.74, 6) is 1.75. The number of ether oxygens (including phenoxy) is 1. The average molecular weight is 699 g/mol. The molecule has 0 saturated heterocycles. The summed E-state index contributed by atoms with van der Waals surface area (Å²) in [4.78, 5) is 0. The molecule has 0 bridgehead atoms. The largest absolute Gasteiger partial charge is 0.456 e. The lowest BCUT2D eigenvalue weighted by atomic mass is 9.70. The second-order valence-corrected chi connectivity index (χ2v) is 15.0. The Labute approximate surface area is 317 Å². The van der Waals surface area contributed by atoms with E-state index in [0.717, 1.165) is 55.5 Å². The van der Waals surface area contributed by atoms with E-state index < -0.39 is 0 Å². The van der Waals surface area contributed by atoms with Crippen LogP contribution < -0.4 is 4.74 Å². The zero-order valence-electron chi connectivity index (χ0n) is 29.6. The van der Waals surface area contributed by atoms with Crippen molar-refractivity contribution >= 4 is 32.7 Å². The van der Waals surface area contributed by atoms with Crippen molar-refractivity contribution in [3.8, 4) is 67.1 Å². The number of furan rings is 1. The Bertz CT molecular complexity index is 3260. The molecule has 0 radical (unpaired) electrons. The third-order valence-corrected chi connectivity index (χ3v) is 12.5. The van der Waals surface area contributed by atoms with Crippen LogP contribution in [0.2, 0.25) is 0 Å². The number of fused-ring (bicyclic) bond motifs is 15. The van der Waals surface area contributed by atoms with Crippen molar-refractivity contribution in [3.05, 3.63) is 204 Å². The van der Waals surface area contributed by atoms with Gasteiger partial charge in [-0.25, -0.2) is 0 Å². The number of rotatable bonds is 2. The van der Waals surface area contributed by atoms with Crippen molar-refractivity contribution < 1.29 is 9.15 Å². The number of hydrogen-bond donors (Lipinski definition) is 0. The van der Waals surface area contributed by atoms with Gasteiger partial charge in [-0.15, -0.1) is 0 Å². The third kappa shape index (κ3) is 3.64. The molecule has 254 valence electrons. The van der Waals surface area contributed by atoms with Crippen LogP contribution in [0.15, 0.2) is 186 Å². The molecule has 9 aromatic carbocycles. The second kappa shape index (κ2) is 10.5. The molecule has 2 nitrogen and oxygen atoms in total. The fraction of sp³-hybridized carbons (Fsp3) is 0.0189. The van der Waals surface area contributed by atoms with Gasteiger partial charge in [0.05, 0.1) is 5.41 Å². The molecule has 0 N–H and O–H groups in total. The van der Waals surface area contributed by atoms with E-state index in [1.165, 1.54) is 66.6 Å². The molecule has 1 aromatic heterocycles. The number of para-hydroxylation sites is 2. The summed E-state index contributed by atoms with van der Waals surface area (Å²) in [6.45, 7) is 0. The molecule has 10 aromatic rings. The molecule has 2 aliphatic carbocycles. The van der Waals surface area contributed by atoms with Crippen molar-refractivity contribution in [1.29, 1.82) is 0 Å². The third-order valence-electron chi connectivity index (χ3n) is 12.5. The molecule has 55 heavy (non-hydrogen) atoms. The van der Waals surface area contributed by atoms with Crippen molar-refractivity contribution in [1.82, 2.24) is 0 Å². The molecule has 3 aliphatic rings. The predicted molar refractivity (Wildman–Crippen MR) is 224 cm³/mol. The van der Waals surface area contributed by atoms with Gasteiger partial charge in [-0.2, -0.15) is 0 Å². The Balaban J connectivity index is 1.03. The van der Waals surface area contributed by atoms with Gasteiger partial charge >= 0.3 is 0 Å². The SMILES string of the molecule is c1ccc2c(c1)-c1ccccc1C21c2ccccc2-c2c(-c3ccc4c5c(cccc35)-c3cc(-c5cccc6c5oc5ccccc56)ccc3O4)cccc21. The van der Waals surface area contributed by atoms with E-state index in [2.05, 4.69) is 170 Å². The van der Waals surface area contributed by atoms with E-state index >= 15 is 0 Å². The molecule has 1 aliphatic heterocycles. The highest BCUT2D eigenvalue weighted by Crippen LogP contribution is 2.64. The Morgan fingerprint density at radius 2 is 0.927 bits per heavy atom. The minimum absolute atomic E-state index is 0.386. The average Bonchev–Trinajstić information content (AvgIpc) is 3.88. The minimum atomic E-state index is -0.386. The second-order valence-electron chi connectivity index (χ2n) is 15.0.